The van der Waals surface area contributed by atoms with Gasteiger partial charge >= 0.3 is 0 Å². The number of hydrogen-bond donors (Lipinski definition) is 0. The highest BCUT2D eigenvalue weighted by molar-refractivity contribution is 5.46. The van der Waals surface area contributed by atoms with E-state index in [4.69, 9.17) is 15.1 Å². The van der Waals surface area contributed by atoms with Gasteiger partial charge in [-0.3, -0.25) is 14.3 Å². The van der Waals surface area contributed by atoms with Gasteiger partial charge in [0, 0.05) is 18.6 Å². The Labute approximate surface area is 116 Å². The smallest absolute Gasteiger partial charge is 0.101 e. The molecule has 0 unspecified atom stereocenters. The van der Waals surface area contributed by atoms with Crippen molar-refractivity contribution in [2.45, 2.75) is 18.6 Å². The quantitative estimate of drug-likeness (QED) is 0.456. The van der Waals surface area contributed by atoms with Gasteiger partial charge in [0.15, 0.2) is 0 Å². The molecule has 1 aromatic rings. The van der Waals surface area contributed by atoms with Crippen molar-refractivity contribution in [1.29, 1.82) is 0 Å². The number of anilines is 1. The highest BCUT2D eigenvalue weighted by Crippen LogP contribution is 2.27. The third kappa shape index (κ3) is 3.19. The van der Waals surface area contributed by atoms with Crippen LogP contribution in [0.1, 0.15) is 18.1 Å². The molecule has 6 nitrogen and oxygen atoms in total. The van der Waals surface area contributed by atoms with Crippen molar-refractivity contribution in [2.75, 3.05) is 32.0 Å². The van der Waals surface area contributed by atoms with Gasteiger partial charge in [-0.2, -0.15) is 0 Å². The van der Waals surface area contributed by atoms with Gasteiger partial charge in [0.05, 0.1) is 24.4 Å². The molecule has 0 amide bonds. The van der Waals surface area contributed by atoms with Gasteiger partial charge in [-0.25, -0.2) is 0 Å². The predicted octanol–water partition coefficient (Wildman–Crippen LogP) is 3.16. The van der Waals surface area contributed by atoms with Gasteiger partial charge in [-0.15, -0.1) is 0 Å². The Morgan fingerprint density at radius 2 is 2.25 bits per heavy atom. The van der Waals surface area contributed by atoms with Crippen molar-refractivity contribution >= 4 is 5.69 Å². The Balaban J connectivity index is 2.15. The molecule has 0 saturated carbocycles. The van der Waals surface area contributed by atoms with Crippen LogP contribution in [0.5, 0.6) is 0 Å². The van der Waals surface area contributed by atoms with Crippen molar-refractivity contribution in [1.82, 2.24) is 0 Å². The molecule has 0 spiro atoms. The molecule has 0 aromatic heterocycles. The molecule has 0 radical (unpaired) electrons. The monoisotopic (exact) mass is 280 g/mol. The fourth-order valence-electron chi connectivity index (χ4n) is 2.24. The third-order valence-corrected chi connectivity index (χ3v) is 3.22. The van der Waals surface area contributed by atoms with Gasteiger partial charge in [0.25, 0.3) is 0 Å². The van der Waals surface area contributed by atoms with E-state index >= 15 is 0 Å². The first kappa shape index (κ1) is 14.6. The summed E-state index contributed by atoms with van der Waals surface area (Å²) in [7, 11) is 1.47. The number of methoxy groups -OCH3 is 1. The standard InChI is InChI=1S/C13H17FN4O2/c1-19-13(12(9-14)16-17-15)10-3-5-11(6-4-10)18-7-2-8-20-18/h3-6,12-13H,2,7-9H2,1H3/t12-,13-/m1/s1. The van der Waals surface area contributed by atoms with Crippen LogP contribution in [0.25, 0.3) is 10.4 Å². The van der Waals surface area contributed by atoms with Crippen molar-refractivity contribution in [3.8, 4) is 0 Å². The van der Waals surface area contributed by atoms with Crippen molar-refractivity contribution < 1.29 is 14.0 Å². The molecule has 1 aliphatic heterocycles. The molecule has 2 rings (SSSR count). The number of ether oxygens (including phenoxy) is 1. The van der Waals surface area contributed by atoms with Crippen LogP contribution < -0.4 is 5.06 Å². The zero-order valence-corrected chi connectivity index (χ0v) is 11.3. The first-order valence-electron chi connectivity index (χ1n) is 6.43. The van der Waals surface area contributed by atoms with E-state index in [1.54, 1.807) is 0 Å². The summed E-state index contributed by atoms with van der Waals surface area (Å²) in [5.74, 6) is 0. The van der Waals surface area contributed by atoms with E-state index < -0.39 is 18.8 Å². The lowest BCUT2D eigenvalue weighted by Crippen LogP contribution is -2.20. The number of alkyl halides is 1. The maximum absolute atomic E-state index is 12.9. The second kappa shape index (κ2) is 7.09. The molecule has 1 heterocycles. The minimum Gasteiger partial charge on any atom is -0.376 e. The largest absolute Gasteiger partial charge is 0.376 e. The fraction of sp³-hybridized carbons (Fsp3) is 0.538. The van der Waals surface area contributed by atoms with Gasteiger partial charge in [0.2, 0.25) is 0 Å². The summed E-state index contributed by atoms with van der Waals surface area (Å²) in [4.78, 5) is 8.11. The highest BCUT2D eigenvalue weighted by Gasteiger charge is 2.22. The summed E-state index contributed by atoms with van der Waals surface area (Å²) in [6.07, 6.45) is 0.410. The minimum absolute atomic E-state index is 0.593. The zero-order chi connectivity index (χ0) is 14.4. The average molecular weight is 280 g/mol. The van der Waals surface area contributed by atoms with Gasteiger partial charge in [-0.1, -0.05) is 17.2 Å². The second-order valence-electron chi connectivity index (χ2n) is 4.46. The maximum atomic E-state index is 12.9. The molecular weight excluding hydrogens is 263 g/mol. The lowest BCUT2D eigenvalue weighted by molar-refractivity contribution is 0.0722. The van der Waals surface area contributed by atoms with E-state index in [0.29, 0.717) is 0 Å². The first-order valence-corrected chi connectivity index (χ1v) is 6.43. The lowest BCUT2D eigenvalue weighted by Gasteiger charge is -2.21. The summed E-state index contributed by atoms with van der Waals surface area (Å²) in [5, 5.41) is 5.26. The van der Waals surface area contributed by atoms with Crippen LogP contribution in [0.2, 0.25) is 0 Å². The normalized spacial score (nSPS) is 17.6. The average Bonchev–Trinajstić information content (AvgIpc) is 3.02. The number of nitrogens with zero attached hydrogens (tertiary/aromatic N) is 4. The number of hydrogen-bond acceptors (Lipinski definition) is 4. The van der Waals surface area contributed by atoms with Gasteiger partial charge in [-0.05, 0) is 29.6 Å². The molecule has 1 fully saturated rings. The van der Waals surface area contributed by atoms with E-state index in [0.717, 1.165) is 30.8 Å². The maximum Gasteiger partial charge on any atom is 0.101 e. The van der Waals surface area contributed by atoms with Crippen molar-refractivity contribution in [3.63, 3.8) is 0 Å². The summed E-state index contributed by atoms with van der Waals surface area (Å²) in [6.45, 7) is 0.821. The van der Waals surface area contributed by atoms with Crippen LogP contribution in [0.4, 0.5) is 10.1 Å². The molecule has 2 atom stereocenters. The molecule has 20 heavy (non-hydrogen) atoms. The van der Waals surface area contributed by atoms with Crippen LogP contribution in [0, 0.1) is 0 Å². The number of rotatable bonds is 6. The fourth-order valence-corrected chi connectivity index (χ4v) is 2.24. The van der Waals surface area contributed by atoms with E-state index in [-0.39, 0.29) is 0 Å². The molecule has 1 aromatic carbocycles. The van der Waals surface area contributed by atoms with Crippen molar-refractivity contribution in [2.24, 2.45) is 5.11 Å². The topological polar surface area (TPSA) is 70.5 Å². The van der Waals surface area contributed by atoms with Crippen LogP contribution in [-0.4, -0.2) is 33.0 Å². The molecule has 108 valence electrons. The Morgan fingerprint density at radius 3 is 2.75 bits per heavy atom. The van der Waals surface area contributed by atoms with Crippen LogP contribution in [0.15, 0.2) is 29.4 Å². The summed E-state index contributed by atoms with van der Waals surface area (Å²) < 4.78 is 18.2. The molecule has 0 bridgehead atoms. The van der Waals surface area contributed by atoms with Crippen LogP contribution in [0.3, 0.4) is 0 Å². The second-order valence-corrected chi connectivity index (χ2v) is 4.46. The van der Waals surface area contributed by atoms with Crippen molar-refractivity contribution in [3.05, 3.63) is 40.3 Å². The van der Waals surface area contributed by atoms with E-state index in [1.165, 1.54) is 7.11 Å². The zero-order valence-electron chi connectivity index (χ0n) is 11.3. The highest BCUT2D eigenvalue weighted by atomic mass is 19.1. The van der Waals surface area contributed by atoms with Crippen LogP contribution in [-0.2, 0) is 9.57 Å². The summed E-state index contributed by atoms with van der Waals surface area (Å²) in [6, 6.07) is 6.58. The predicted molar refractivity (Wildman–Crippen MR) is 73.0 cm³/mol. The molecule has 1 saturated heterocycles. The van der Waals surface area contributed by atoms with Gasteiger partial charge < -0.3 is 4.74 Å². The lowest BCUT2D eigenvalue weighted by atomic mass is 10.0. The van der Waals surface area contributed by atoms with Gasteiger partial charge in [0.1, 0.15) is 6.67 Å². The summed E-state index contributed by atoms with van der Waals surface area (Å²) in [5.41, 5.74) is 10.2. The first-order chi connectivity index (χ1) is 9.80. The van der Waals surface area contributed by atoms with E-state index in [9.17, 15) is 4.39 Å². The summed E-state index contributed by atoms with van der Waals surface area (Å²) >= 11 is 0. The molecule has 0 aliphatic carbocycles. The number of azide groups is 1. The Kier molecular flexibility index (Phi) is 5.17. The number of hydroxylamine groups is 1. The molecular formula is C13H17FN4O2. The van der Waals surface area contributed by atoms with E-state index in [2.05, 4.69) is 10.0 Å². The number of halogens is 1. The molecule has 7 heteroatoms. The third-order valence-electron chi connectivity index (χ3n) is 3.22. The SMILES string of the molecule is CO[C@H](c1ccc(N2CCCO2)cc1)[C@@H](CF)N=[N+]=[N-]. The molecule has 1 aliphatic rings. The molecule has 0 N–H and O–H groups in total. The Hall–Kier alpha value is -1.82. The van der Waals surface area contributed by atoms with E-state index in [1.807, 2.05) is 29.3 Å². The Bertz CT molecular complexity index is 470. The Morgan fingerprint density at radius 1 is 1.50 bits per heavy atom. The van der Waals surface area contributed by atoms with Crippen LogP contribution >= 0.6 is 0 Å². The minimum atomic E-state index is -0.862. The number of benzene rings is 1.